The van der Waals surface area contributed by atoms with Crippen molar-refractivity contribution in [2.75, 3.05) is 0 Å². The molecule has 126 valence electrons. The summed E-state index contributed by atoms with van der Waals surface area (Å²) >= 11 is 0. The van der Waals surface area contributed by atoms with E-state index in [0.29, 0.717) is 0 Å². The number of hydrogen-bond acceptors (Lipinski definition) is 3. The van der Waals surface area contributed by atoms with Crippen LogP contribution in [-0.4, -0.2) is 15.7 Å². The Balaban J connectivity index is 1.62. The lowest BCUT2D eigenvalue weighted by Gasteiger charge is -2.08. The number of nitrogens with zero attached hydrogens (tertiary/aromatic N) is 3. The van der Waals surface area contributed by atoms with Crippen LogP contribution in [0.1, 0.15) is 40.8 Å². The normalized spacial score (nSPS) is 15.9. The van der Waals surface area contributed by atoms with Gasteiger partial charge in [-0.2, -0.15) is 0 Å². The topological polar surface area (TPSA) is 38.1 Å². The van der Waals surface area contributed by atoms with Gasteiger partial charge in [-0.15, -0.1) is 0 Å². The zero-order valence-corrected chi connectivity index (χ0v) is 14.5. The van der Waals surface area contributed by atoms with Crippen molar-refractivity contribution in [2.24, 2.45) is 4.99 Å². The molecule has 3 heteroatoms. The second-order valence-corrected chi connectivity index (χ2v) is 6.85. The molecule has 1 aliphatic carbocycles. The molecule has 3 aromatic rings. The van der Waals surface area contributed by atoms with E-state index in [9.17, 15) is 0 Å². The second kappa shape index (κ2) is 6.34. The van der Waals surface area contributed by atoms with Crippen LogP contribution in [0.25, 0.3) is 11.3 Å². The van der Waals surface area contributed by atoms with E-state index < -0.39 is 0 Å². The zero-order valence-electron chi connectivity index (χ0n) is 14.5. The number of rotatable bonds is 3. The average molecular weight is 337 g/mol. The van der Waals surface area contributed by atoms with E-state index in [2.05, 4.69) is 35.3 Å². The molecule has 5 rings (SSSR count). The van der Waals surface area contributed by atoms with Crippen molar-refractivity contribution < 1.29 is 0 Å². The Bertz CT molecular complexity index is 1020. The van der Waals surface area contributed by atoms with Gasteiger partial charge in [0.05, 0.1) is 11.4 Å². The summed E-state index contributed by atoms with van der Waals surface area (Å²) in [5.74, 6) is 0. The van der Waals surface area contributed by atoms with E-state index >= 15 is 0 Å². The van der Waals surface area contributed by atoms with Crippen LogP contribution in [0, 0.1) is 0 Å². The first kappa shape index (κ1) is 15.2. The third-order valence-electron chi connectivity index (χ3n) is 5.21. The first-order chi connectivity index (χ1) is 12.9. The highest BCUT2D eigenvalue weighted by molar-refractivity contribution is 6.16. The fourth-order valence-corrected chi connectivity index (χ4v) is 3.87. The Morgan fingerprint density at radius 1 is 0.808 bits per heavy atom. The lowest BCUT2D eigenvalue weighted by molar-refractivity contribution is 0.899. The molecular weight excluding hydrogens is 318 g/mol. The first-order valence-electron chi connectivity index (χ1n) is 9.13. The molecule has 1 aromatic carbocycles. The van der Waals surface area contributed by atoms with Crippen LogP contribution >= 0.6 is 0 Å². The first-order valence-corrected chi connectivity index (χ1v) is 9.13. The largest absolute Gasteiger partial charge is 0.265 e. The Hall–Kier alpha value is -3.07. The van der Waals surface area contributed by atoms with Crippen molar-refractivity contribution in [1.82, 2.24) is 9.97 Å². The van der Waals surface area contributed by atoms with Crippen molar-refractivity contribution >= 4 is 17.0 Å². The van der Waals surface area contributed by atoms with Gasteiger partial charge in [-0.05, 0) is 59.7 Å². The van der Waals surface area contributed by atoms with Gasteiger partial charge in [0.1, 0.15) is 0 Å². The summed E-state index contributed by atoms with van der Waals surface area (Å²) in [6.07, 6.45) is 9.99. The van der Waals surface area contributed by atoms with Gasteiger partial charge < -0.3 is 0 Å². The van der Waals surface area contributed by atoms with E-state index in [1.165, 1.54) is 34.4 Å². The highest BCUT2D eigenvalue weighted by Crippen LogP contribution is 2.37. The second-order valence-electron chi connectivity index (χ2n) is 6.85. The Morgan fingerprint density at radius 2 is 1.65 bits per heavy atom. The van der Waals surface area contributed by atoms with Crippen molar-refractivity contribution in [2.45, 2.75) is 25.7 Å². The predicted molar refractivity (Wildman–Crippen MR) is 105 cm³/mol. The fraction of sp³-hybridized carbons (Fsp3) is 0.174. The molecule has 2 aliphatic rings. The van der Waals surface area contributed by atoms with E-state index in [0.717, 1.165) is 36.2 Å². The van der Waals surface area contributed by atoms with Gasteiger partial charge in [0.25, 0.3) is 0 Å². The Morgan fingerprint density at radius 3 is 2.50 bits per heavy atom. The minimum atomic E-state index is 0.835. The number of aliphatic imine (C=N–C) groups is 1. The fourth-order valence-electron chi connectivity index (χ4n) is 3.87. The SMILES string of the molecule is c1ccc(C2=NC(c3ccncc3)=C(c3cnc4c(c3)CCC4)C2)cc1. The van der Waals surface area contributed by atoms with Crippen LogP contribution in [-0.2, 0) is 12.8 Å². The smallest absolute Gasteiger partial charge is 0.0749 e. The number of aryl methyl sites for hydroxylation is 2. The van der Waals surface area contributed by atoms with Gasteiger partial charge in [0.2, 0.25) is 0 Å². The molecule has 3 heterocycles. The number of allylic oxidation sites excluding steroid dienone is 1. The summed E-state index contributed by atoms with van der Waals surface area (Å²) < 4.78 is 0. The molecule has 0 bridgehead atoms. The van der Waals surface area contributed by atoms with Gasteiger partial charge in [-0.1, -0.05) is 30.3 Å². The van der Waals surface area contributed by atoms with Crippen LogP contribution in [0.2, 0.25) is 0 Å². The lowest BCUT2D eigenvalue weighted by atomic mass is 9.96. The molecule has 0 saturated heterocycles. The zero-order chi connectivity index (χ0) is 17.3. The standard InChI is InChI=1S/C23H19N3/c1-2-5-16(6-3-1)22-14-20(23(26-22)17-9-11-24-12-10-17)19-13-18-7-4-8-21(18)25-15-19/h1-3,5-6,9-13,15H,4,7-8,14H2. The summed E-state index contributed by atoms with van der Waals surface area (Å²) in [6, 6.07) is 16.8. The molecule has 0 N–H and O–H groups in total. The molecule has 0 spiro atoms. The van der Waals surface area contributed by atoms with E-state index in [4.69, 9.17) is 9.98 Å². The molecule has 0 atom stereocenters. The highest BCUT2D eigenvalue weighted by atomic mass is 14.8. The quantitative estimate of drug-likeness (QED) is 0.693. The minimum Gasteiger partial charge on any atom is -0.265 e. The van der Waals surface area contributed by atoms with Gasteiger partial charge in [0.15, 0.2) is 0 Å². The van der Waals surface area contributed by atoms with Gasteiger partial charge >= 0.3 is 0 Å². The number of benzene rings is 1. The minimum absolute atomic E-state index is 0.835. The molecule has 1 aliphatic heterocycles. The van der Waals surface area contributed by atoms with Gasteiger partial charge in [-0.3, -0.25) is 15.0 Å². The van der Waals surface area contributed by atoms with Crippen LogP contribution in [0.3, 0.4) is 0 Å². The summed E-state index contributed by atoms with van der Waals surface area (Å²) in [5.41, 5.74) is 9.59. The maximum absolute atomic E-state index is 5.02. The van der Waals surface area contributed by atoms with Crippen molar-refractivity contribution in [3.63, 3.8) is 0 Å². The van der Waals surface area contributed by atoms with Gasteiger partial charge in [0, 0.05) is 36.3 Å². The molecule has 0 radical (unpaired) electrons. The lowest BCUT2D eigenvalue weighted by Crippen LogP contribution is -1.98. The number of hydrogen-bond donors (Lipinski definition) is 0. The monoisotopic (exact) mass is 337 g/mol. The summed E-state index contributed by atoms with van der Waals surface area (Å²) in [4.78, 5) is 13.9. The van der Waals surface area contributed by atoms with E-state index in [1.54, 1.807) is 0 Å². The third kappa shape index (κ3) is 2.66. The van der Waals surface area contributed by atoms with Crippen LogP contribution in [0.4, 0.5) is 0 Å². The van der Waals surface area contributed by atoms with Crippen LogP contribution in [0.5, 0.6) is 0 Å². The molecule has 2 aromatic heterocycles. The molecule has 0 unspecified atom stereocenters. The summed E-state index contributed by atoms with van der Waals surface area (Å²) in [5, 5.41) is 0. The van der Waals surface area contributed by atoms with Crippen molar-refractivity contribution in [3.05, 3.63) is 95.1 Å². The number of fused-ring (bicyclic) bond motifs is 1. The third-order valence-corrected chi connectivity index (χ3v) is 5.21. The highest BCUT2D eigenvalue weighted by Gasteiger charge is 2.23. The maximum Gasteiger partial charge on any atom is 0.0749 e. The van der Waals surface area contributed by atoms with Gasteiger partial charge in [-0.25, -0.2) is 0 Å². The maximum atomic E-state index is 5.02. The van der Waals surface area contributed by atoms with Crippen LogP contribution in [0.15, 0.2) is 72.1 Å². The van der Waals surface area contributed by atoms with Crippen LogP contribution < -0.4 is 0 Å². The molecule has 0 fully saturated rings. The average Bonchev–Trinajstić information content (AvgIpc) is 3.36. The Kier molecular flexibility index (Phi) is 3.71. The Labute approximate surface area is 153 Å². The molecule has 0 amide bonds. The number of aromatic nitrogens is 2. The van der Waals surface area contributed by atoms with E-state index in [-0.39, 0.29) is 0 Å². The van der Waals surface area contributed by atoms with Crippen molar-refractivity contribution in [1.29, 1.82) is 0 Å². The van der Waals surface area contributed by atoms with Crippen molar-refractivity contribution in [3.8, 4) is 0 Å². The summed E-state index contributed by atoms with van der Waals surface area (Å²) in [7, 11) is 0. The molecule has 3 nitrogen and oxygen atoms in total. The predicted octanol–water partition coefficient (Wildman–Crippen LogP) is 4.73. The molecular formula is C23H19N3. The summed E-state index contributed by atoms with van der Waals surface area (Å²) in [6.45, 7) is 0. The van der Waals surface area contributed by atoms with E-state index in [1.807, 2.05) is 36.8 Å². The molecule has 26 heavy (non-hydrogen) atoms. The number of pyridine rings is 2. The molecule has 0 saturated carbocycles.